The first-order chi connectivity index (χ1) is 10.5. The van der Waals surface area contributed by atoms with E-state index in [1.807, 2.05) is 13.0 Å². The van der Waals surface area contributed by atoms with E-state index in [0.29, 0.717) is 15.8 Å². The fourth-order valence-electron chi connectivity index (χ4n) is 2.06. The highest BCUT2D eigenvalue weighted by Crippen LogP contribution is 2.28. The minimum Gasteiger partial charge on any atom is -0.308 e. The third kappa shape index (κ3) is 3.21. The highest BCUT2D eigenvalue weighted by Gasteiger charge is 2.09. The van der Waals surface area contributed by atoms with Gasteiger partial charge in [0.15, 0.2) is 5.13 Å². The van der Waals surface area contributed by atoms with E-state index in [-0.39, 0.29) is 6.03 Å². The van der Waals surface area contributed by atoms with Gasteiger partial charge in [0.05, 0.1) is 10.2 Å². The molecule has 4 nitrogen and oxygen atoms in total. The monoisotopic (exact) mass is 331 g/mol. The highest BCUT2D eigenvalue weighted by molar-refractivity contribution is 7.22. The lowest BCUT2D eigenvalue weighted by molar-refractivity contribution is 0.262. The third-order valence-corrected chi connectivity index (χ3v) is 4.48. The maximum absolute atomic E-state index is 12.0. The molecule has 0 spiro atoms. The molecule has 3 aromatic rings. The molecule has 6 heteroatoms. The van der Waals surface area contributed by atoms with Gasteiger partial charge in [-0.05, 0) is 55.3 Å². The van der Waals surface area contributed by atoms with Gasteiger partial charge in [-0.1, -0.05) is 29.0 Å². The number of aromatic nitrogens is 1. The number of halogens is 1. The average Bonchev–Trinajstić information content (AvgIpc) is 2.80. The molecule has 2 N–H and O–H groups in total. The van der Waals surface area contributed by atoms with Crippen LogP contribution < -0.4 is 10.6 Å². The van der Waals surface area contributed by atoms with Crippen molar-refractivity contribution in [1.82, 2.24) is 4.98 Å². The standard InChI is InChI=1S/C16H14ClN3OS/c1-9-6-13-14(7-10(9)2)22-16(19-13)20-15(21)18-12-5-3-4-11(17)8-12/h3-8H,1-2H3,(H2,18,19,20,21). The van der Waals surface area contributed by atoms with Gasteiger partial charge in [0, 0.05) is 10.7 Å². The average molecular weight is 332 g/mol. The molecule has 0 saturated carbocycles. The number of carbonyl (C=O) groups excluding carboxylic acids is 1. The Balaban J connectivity index is 1.76. The van der Waals surface area contributed by atoms with Crippen molar-refractivity contribution in [2.45, 2.75) is 13.8 Å². The number of hydrogen-bond donors (Lipinski definition) is 2. The van der Waals surface area contributed by atoms with Crippen molar-refractivity contribution in [3.05, 3.63) is 52.5 Å². The van der Waals surface area contributed by atoms with E-state index in [0.717, 1.165) is 10.2 Å². The van der Waals surface area contributed by atoms with Crippen LogP contribution in [0.1, 0.15) is 11.1 Å². The van der Waals surface area contributed by atoms with Crippen LogP contribution in [0.15, 0.2) is 36.4 Å². The normalized spacial score (nSPS) is 10.7. The van der Waals surface area contributed by atoms with Crippen LogP contribution in [0.25, 0.3) is 10.2 Å². The lowest BCUT2D eigenvalue weighted by Gasteiger charge is -2.05. The van der Waals surface area contributed by atoms with Gasteiger partial charge in [0.2, 0.25) is 0 Å². The van der Waals surface area contributed by atoms with Crippen LogP contribution in [0.4, 0.5) is 15.6 Å². The Kier molecular flexibility index (Phi) is 4.00. The van der Waals surface area contributed by atoms with E-state index in [2.05, 4.69) is 28.6 Å². The molecule has 0 atom stereocenters. The Morgan fingerprint density at radius 3 is 2.68 bits per heavy atom. The summed E-state index contributed by atoms with van der Waals surface area (Å²) in [6.07, 6.45) is 0. The molecule has 0 aliphatic rings. The van der Waals surface area contributed by atoms with Crippen molar-refractivity contribution in [2.24, 2.45) is 0 Å². The second-order valence-electron chi connectivity index (χ2n) is 5.01. The van der Waals surface area contributed by atoms with Crippen molar-refractivity contribution in [3.63, 3.8) is 0 Å². The molecule has 112 valence electrons. The van der Waals surface area contributed by atoms with Crippen LogP contribution in [0, 0.1) is 13.8 Å². The summed E-state index contributed by atoms with van der Waals surface area (Å²) in [4.78, 5) is 16.4. The molecular formula is C16H14ClN3OS. The van der Waals surface area contributed by atoms with Crippen LogP contribution in [-0.2, 0) is 0 Å². The van der Waals surface area contributed by atoms with Crippen LogP contribution in [0.3, 0.4) is 0 Å². The van der Waals surface area contributed by atoms with E-state index in [4.69, 9.17) is 11.6 Å². The number of nitrogens with zero attached hydrogens (tertiary/aromatic N) is 1. The van der Waals surface area contributed by atoms with E-state index >= 15 is 0 Å². The Morgan fingerprint density at radius 2 is 1.91 bits per heavy atom. The van der Waals surface area contributed by atoms with Gasteiger partial charge in [0.1, 0.15) is 0 Å². The predicted molar refractivity (Wildman–Crippen MR) is 93.2 cm³/mol. The Morgan fingerprint density at radius 1 is 1.14 bits per heavy atom. The summed E-state index contributed by atoms with van der Waals surface area (Å²) in [5, 5.41) is 6.62. The maximum Gasteiger partial charge on any atom is 0.325 e. The molecule has 1 aromatic heterocycles. The second-order valence-corrected chi connectivity index (χ2v) is 6.48. The van der Waals surface area contributed by atoms with Gasteiger partial charge in [-0.25, -0.2) is 9.78 Å². The van der Waals surface area contributed by atoms with Crippen LogP contribution in [0.5, 0.6) is 0 Å². The summed E-state index contributed by atoms with van der Waals surface area (Å²) in [7, 11) is 0. The van der Waals surface area contributed by atoms with Crippen LogP contribution in [0.2, 0.25) is 5.02 Å². The van der Waals surface area contributed by atoms with Crippen LogP contribution in [-0.4, -0.2) is 11.0 Å². The fraction of sp³-hybridized carbons (Fsp3) is 0.125. The van der Waals surface area contributed by atoms with Crippen molar-refractivity contribution in [1.29, 1.82) is 0 Å². The minimum absolute atomic E-state index is 0.338. The summed E-state index contributed by atoms with van der Waals surface area (Å²) in [5.41, 5.74) is 3.93. The van der Waals surface area contributed by atoms with E-state index < -0.39 is 0 Å². The van der Waals surface area contributed by atoms with Crippen molar-refractivity contribution >= 4 is 50.0 Å². The molecule has 0 aliphatic carbocycles. The van der Waals surface area contributed by atoms with Gasteiger partial charge in [-0.3, -0.25) is 5.32 Å². The number of benzene rings is 2. The summed E-state index contributed by atoms with van der Waals surface area (Å²) in [6, 6.07) is 10.8. The Hall–Kier alpha value is -2.11. The van der Waals surface area contributed by atoms with Gasteiger partial charge in [-0.15, -0.1) is 0 Å². The quantitative estimate of drug-likeness (QED) is 0.677. The third-order valence-electron chi connectivity index (χ3n) is 3.31. The van der Waals surface area contributed by atoms with E-state index in [1.165, 1.54) is 22.5 Å². The molecule has 3 rings (SSSR count). The zero-order valence-electron chi connectivity index (χ0n) is 12.1. The zero-order valence-corrected chi connectivity index (χ0v) is 13.7. The molecule has 0 radical (unpaired) electrons. The molecule has 22 heavy (non-hydrogen) atoms. The number of aryl methyl sites for hydroxylation is 2. The first-order valence-electron chi connectivity index (χ1n) is 6.72. The molecule has 2 aromatic carbocycles. The van der Waals surface area contributed by atoms with Gasteiger partial charge in [-0.2, -0.15) is 0 Å². The van der Waals surface area contributed by atoms with Crippen molar-refractivity contribution in [3.8, 4) is 0 Å². The molecule has 0 bridgehead atoms. The largest absolute Gasteiger partial charge is 0.325 e. The molecular weight excluding hydrogens is 318 g/mol. The van der Waals surface area contributed by atoms with Crippen LogP contribution >= 0.6 is 22.9 Å². The molecule has 0 fully saturated rings. The second kappa shape index (κ2) is 5.94. The van der Waals surface area contributed by atoms with Gasteiger partial charge >= 0.3 is 6.03 Å². The number of anilines is 2. The first kappa shape index (κ1) is 14.8. The number of thiazole rings is 1. The number of rotatable bonds is 2. The number of hydrogen-bond acceptors (Lipinski definition) is 3. The molecule has 1 heterocycles. The van der Waals surface area contributed by atoms with E-state index in [1.54, 1.807) is 24.3 Å². The first-order valence-corrected chi connectivity index (χ1v) is 7.92. The summed E-state index contributed by atoms with van der Waals surface area (Å²) in [5.74, 6) is 0. The fourth-order valence-corrected chi connectivity index (χ4v) is 3.19. The topological polar surface area (TPSA) is 54.0 Å². The minimum atomic E-state index is -0.338. The smallest absolute Gasteiger partial charge is 0.308 e. The van der Waals surface area contributed by atoms with Crippen molar-refractivity contribution in [2.75, 3.05) is 10.6 Å². The maximum atomic E-state index is 12.0. The molecule has 0 saturated heterocycles. The zero-order chi connectivity index (χ0) is 15.7. The highest BCUT2D eigenvalue weighted by atomic mass is 35.5. The number of amides is 2. The Labute approximate surface area is 137 Å². The molecule has 0 aliphatic heterocycles. The van der Waals surface area contributed by atoms with E-state index in [9.17, 15) is 4.79 Å². The number of nitrogens with one attached hydrogen (secondary N) is 2. The summed E-state index contributed by atoms with van der Waals surface area (Å²) < 4.78 is 1.06. The number of carbonyl (C=O) groups is 1. The van der Waals surface area contributed by atoms with Gasteiger partial charge < -0.3 is 5.32 Å². The lowest BCUT2D eigenvalue weighted by atomic mass is 10.1. The Bertz CT molecular complexity index is 821. The van der Waals surface area contributed by atoms with Crippen molar-refractivity contribution < 1.29 is 4.79 Å². The predicted octanol–water partition coefficient (Wildman–Crippen LogP) is 5.21. The SMILES string of the molecule is Cc1cc2nc(NC(=O)Nc3cccc(Cl)c3)sc2cc1C. The number of fused-ring (bicyclic) bond motifs is 1. The van der Waals surface area contributed by atoms with Gasteiger partial charge in [0.25, 0.3) is 0 Å². The number of urea groups is 1. The summed E-state index contributed by atoms with van der Waals surface area (Å²) in [6.45, 7) is 4.11. The lowest BCUT2D eigenvalue weighted by Crippen LogP contribution is -2.19. The summed E-state index contributed by atoms with van der Waals surface area (Å²) >= 11 is 7.34. The molecule has 2 amide bonds. The molecule has 0 unspecified atom stereocenters.